The Morgan fingerprint density at radius 1 is 1.47 bits per heavy atom. The summed E-state index contributed by atoms with van der Waals surface area (Å²) in [6.07, 6.45) is 2.58. The number of hydrogen-bond donors (Lipinski definition) is 1. The molecule has 0 atom stereocenters. The number of hydrogen-bond acceptors (Lipinski definition) is 2. The molecule has 0 bridgehead atoms. The van der Waals surface area contributed by atoms with Crippen molar-refractivity contribution in [1.82, 2.24) is 0 Å². The number of aliphatic carboxylic acids is 1. The summed E-state index contributed by atoms with van der Waals surface area (Å²) >= 11 is 0. The van der Waals surface area contributed by atoms with Crippen molar-refractivity contribution in [2.75, 3.05) is 6.61 Å². The van der Waals surface area contributed by atoms with Crippen molar-refractivity contribution >= 4 is 5.97 Å². The molecule has 3 nitrogen and oxygen atoms in total. The third-order valence-corrected chi connectivity index (χ3v) is 2.39. The zero-order valence-electron chi connectivity index (χ0n) is 10.4. The summed E-state index contributed by atoms with van der Waals surface area (Å²) < 4.78 is 5.58. The summed E-state index contributed by atoms with van der Waals surface area (Å²) in [5, 5.41) is 8.46. The molecule has 0 saturated carbocycles. The summed E-state index contributed by atoms with van der Waals surface area (Å²) in [7, 11) is 0. The van der Waals surface area contributed by atoms with Gasteiger partial charge in [-0.2, -0.15) is 0 Å². The number of aryl methyl sites for hydroxylation is 1. The molecular formula is C14H18O3. The second-order valence-corrected chi connectivity index (χ2v) is 4.25. The van der Waals surface area contributed by atoms with Gasteiger partial charge < -0.3 is 9.84 Å². The Kier molecular flexibility index (Phi) is 4.76. The molecule has 1 N–H and O–H groups in total. The minimum atomic E-state index is -0.957. The van der Waals surface area contributed by atoms with E-state index in [2.05, 4.69) is 26.0 Å². The number of ether oxygens (including phenoxy) is 1. The van der Waals surface area contributed by atoms with E-state index in [1.807, 2.05) is 13.0 Å². The second kappa shape index (κ2) is 6.09. The Balaban J connectivity index is 2.75. The van der Waals surface area contributed by atoms with E-state index in [0.717, 1.165) is 23.0 Å². The van der Waals surface area contributed by atoms with Crippen LogP contribution in [-0.4, -0.2) is 17.7 Å². The van der Waals surface area contributed by atoms with Crippen molar-refractivity contribution in [3.8, 4) is 5.75 Å². The lowest BCUT2D eigenvalue weighted by molar-refractivity contribution is -0.131. The van der Waals surface area contributed by atoms with Gasteiger partial charge in [0.25, 0.3) is 0 Å². The zero-order chi connectivity index (χ0) is 12.8. The van der Waals surface area contributed by atoms with E-state index >= 15 is 0 Å². The number of carboxylic acid groups (broad SMARTS) is 1. The van der Waals surface area contributed by atoms with Crippen LogP contribution in [0, 0.1) is 6.92 Å². The fraction of sp³-hybridized carbons (Fsp3) is 0.357. The third-order valence-electron chi connectivity index (χ3n) is 2.39. The molecule has 0 radical (unpaired) electrons. The molecule has 0 aliphatic heterocycles. The first kappa shape index (κ1) is 13.3. The minimum absolute atomic E-state index is 0.273. The van der Waals surface area contributed by atoms with E-state index in [0.29, 0.717) is 5.92 Å². The number of benzene rings is 1. The van der Waals surface area contributed by atoms with Gasteiger partial charge in [0, 0.05) is 6.08 Å². The van der Waals surface area contributed by atoms with E-state index in [1.54, 1.807) is 0 Å². The molecule has 0 saturated heterocycles. The maximum atomic E-state index is 10.3. The topological polar surface area (TPSA) is 46.5 Å². The van der Waals surface area contributed by atoms with Gasteiger partial charge in [0.05, 0.1) is 0 Å². The predicted octanol–water partition coefficient (Wildman–Crippen LogP) is 3.14. The highest BCUT2D eigenvalue weighted by Crippen LogP contribution is 2.27. The van der Waals surface area contributed by atoms with Crippen molar-refractivity contribution in [2.24, 2.45) is 0 Å². The molecule has 0 fully saturated rings. The zero-order valence-corrected chi connectivity index (χ0v) is 10.4. The van der Waals surface area contributed by atoms with Gasteiger partial charge in [0.2, 0.25) is 0 Å². The smallest absolute Gasteiger partial charge is 0.328 e. The molecule has 0 unspecified atom stereocenters. The first-order valence-corrected chi connectivity index (χ1v) is 5.63. The van der Waals surface area contributed by atoms with Gasteiger partial charge >= 0.3 is 5.97 Å². The Morgan fingerprint density at radius 3 is 2.76 bits per heavy atom. The van der Waals surface area contributed by atoms with Crippen LogP contribution >= 0.6 is 0 Å². The summed E-state index contributed by atoms with van der Waals surface area (Å²) in [6, 6.07) is 6.08. The lowest BCUT2D eigenvalue weighted by atomic mass is 10.0. The second-order valence-electron chi connectivity index (χ2n) is 4.25. The molecule has 1 aromatic carbocycles. The van der Waals surface area contributed by atoms with Crippen LogP contribution in [0.4, 0.5) is 0 Å². The molecule has 0 aliphatic carbocycles. The van der Waals surface area contributed by atoms with E-state index in [4.69, 9.17) is 9.84 Å². The molecule has 0 aliphatic rings. The Morgan fingerprint density at radius 2 is 2.18 bits per heavy atom. The summed E-state index contributed by atoms with van der Waals surface area (Å²) in [5.41, 5.74) is 2.27. The SMILES string of the molecule is Cc1ccc(C(C)C)c(OC/C=C/C(=O)O)c1. The summed E-state index contributed by atoms with van der Waals surface area (Å²) in [5.74, 6) is 0.256. The van der Waals surface area contributed by atoms with Gasteiger partial charge in [-0.15, -0.1) is 0 Å². The number of carbonyl (C=O) groups is 1. The molecule has 92 valence electrons. The highest BCUT2D eigenvalue weighted by atomic mass is 16.5. The van der Waals surface area contributed by atoms with Crippen molar-refractivity contribution < 1.29 is 14.6 Å². The maximum absolute atomic E-state index is 10.3. The molecule has 1 aromatic rings. The van der Waals surface area contributed by atoms with Gasteiger partial charge in [-0.05, 0) is 36.1 Å². The average molecular weight is 234 g/mol. The van der Waals surface area contributed by atoms with Crippen molar-refractivity contribution in [3.63, 3.8) is 0 Å². The van der Waals surface area contributed by atoms with Crippen LogP contribution in [0.3, 0.4) is 0 Å². The quantitative estimate of drug-likeness (QED) is 0.796. The molecule has 17 heavy (non-hydrogen) atoms. The lowest BCUT2D eigenvalue weighted by Crippen LogP contribution is -2.00. The minimum Gasteiger partial charge on any atom is -0.489 e. The van der Waals surface area contributed by atoms with Gasteiger partial charge in [0.15, 0.2) is 0 Å². The van der Waals surface area contributed by atoms with Crippen LogP contribution in [0.25, 0.3) is 0 Å². The summed E-state index contributed by atoms with van der Waals surface area (Å²) in [4.78, 5) is 10.3. The molecule has 0 heterocycles. The maximum Gasteiger partial charge on any atom is 0.328 e. The fourth-order valence-electron chi connectivity index (χ4n) is 1.53. The van der Waals surface area contributed by atoms with E-state index in [9.17, 15) is 4.79 Å². The largest absolute Gasteiger partial charge is 0.489 e. The van der Waals surface area contributed by atoms with Crippen LogP contribution in [-0.2, 0) is 4.79 Å². The van der Waals surface area contributed by atoms with Crippen LogP contribution in [0.1, 0.15) is 30.9 Å². The van der Waals surface area contributed by atoms with Gasteiger partial charge in [-0.3, -0.25) is 0 Å². The molecule has 0 aromatic heterocycles. The Bertz CT molecular complexity index is 419. The van der Waals surface area contributed by atoms with Crippen LogP contribution in [0.5, 0.6) is 5.75 Å². The first-order valence-electron chi connectivity index (χ1n) is 5.63. The number of carboxylic acids is 1. The Labute approximate surface area is 102 Å². The monoisotopic (exact) mass is 234 g/mol. The van der Waals surface area contributed by atoms with E-state index in [-0.39, 0.29) is 6.61 Å². The van der Waals surface area contributed by atoms with Crippen molar-refractivity contribution in [2.45, 2.75) is 26.7 Å². The predicted molar refractivity (Wildman–Crippen MR) is 67.5 cm³/mol. The average Bonchev–Trinajstić information content (AvgIpc) is 2.23. The molecule has 3 heteroatoms. The van der Waals surface area contributed by atoms with Crippen molar-refractivity contribution in [1.29, 1.82) is 0 Å². The van der Waals surface area contributed by atoms with Gasteiger partial charge in [-0.25, -0.2) is 4.79 Å². The lowest BCUT2D eigenvalue weighted by Gasteiger charge is -2.13. The normalized spacial score (nSPS) is 11.1. The van der Waals surface area contributed by atoms with Gasteiger partial charge in [-0.1, -0.05) is 26.0 Å². The molecule has 0 spiro atoms. The fourth-order valence-corrected chi connectivity index (χ4v) is 1.53. The van der Waals surface area contributed by atoms with Gasteiger partial charge in [0.1, 0.15) is 12.4 Å². The molecular weight excluding hydrogens is 216 g/mol. The van der Waals surface area contributed by atoms with Crippen LogP contribution in [0.2, 0.25) is 0 Å². The van der Waals surface area contributed by atoms with Crippen LogP contribution in [0.15, 0.2) is 30.4 Å². The number of rotatable bonds is 5. The van der Waals surface area contributed by atoms with E-state index in [1.165, 1.54) is 6.08 Å². The Hall–Kier alpha value is -1.77. The first-order chi connectivity index (χ1) is 8.00. The van der Waals surface area contributed by atoms with Crippen LogP contribution < -0.4 is 4.74 Å². The molecule has 1 rings (SSSR count). The third kappa shape index (κ3) is 4.31. The molecule has 0 amide bonds. The summed E-state index contributed by atoms with van der Waals surface area (Å²) in [6.45, 7) is 6.48. The van der Waals surface area contributed by atoms with Crippen molar-refractivity contribution in [3.05, 3.63) is 41.5 Å². The highest BCUT2D eigenvalue weighted by molar-refractivity contribution is 5.79. The standard InChI is InChI=1S/C14H18O3/c1-10(2)12-7-6-11(3)9-13(12)17-8-4-5-14(15)16/h4-7,9-10H,8H2,1-3H3,(H,15,16)/b5-4+. The highest BCUT2D eigenvalue weighted by Gasteiger charge is 2.07. The van der Waals surface area contributed by atoms with E-state index < -0.39 is 5.97 Å².